The molecule has 3 aromatic rings. The van der Waals surface area contributed by atoms with Gasteiger partial charge in [-0.15, -0.1) is 0 Å². The van der Waals surface area contributed by atoms with Crippen LogP contribution in [0.4, 0.5) is 5.69 Å². The second-order valence-electron chi connectivity index (χ2n) is 8.20. The Labute approximate surface area is 209 Å². The minimum absolute atomic E-state index is 0.154. The minimum atomic E-state index is -0.743. The largest absolute Gasteiger partial charge is 0.486 e. The van der Waals surface area contributed by atoms with E-state index >= 15 is 0 Å². The van der Waals surface area contributed by atoms with Gasteiger partial charge in [-0.25, -0.2) is 0 Å². The normalized spacial score (nSPS) is 15.8. The molecule has 0 saturated heterocycles. The molecule has 34 heavy (non-hydrogen) atoms. The highest BCUT2D eigenvalue weighted by Gasteiger charge is 2.21. The van der Waals surface area contributed by atoms with Gasteiger partial charge in [-0.2, -0.15) is 0 Å². The third kappa shape index (κ3) is 6.56. The van der Waals surface area contributed by atoms with E-state index in [9.17, 15) is 5.11 Å². The third-order valence-electron chi connectivity index (χ3n) is 5.56. The molecule has 6 nitrogen and oxygen atoms in total. The van der Waals surface area contributed by atoms with Gasteiger partial charge in [0.15, 0.2) is 17.6 Å². The Morgan fingerprint density at radius 2 is 1.79 bits per heavy atom. The molecule has 4 rings (SSSR count). The van der Waals surface area contributed by atoms with Crippen LogP contribution in [-0.4, -0.2) is 37.5 Å². The van der Waals surface area contributed by atoms with Crippen LogP contribution in [0, 0.1) is 0 Å². The molecular formula is C26H28Cl2N2O4. The zero-order valence-electron chi connectivity index (χ0n) is 18.7. The summed E-state index contributed by atoms with van der Waals surface area (Å²) in [4.78, 5) is 0. The number of rotatable bonds is 10. The zero-order valence-corrected chi connectivity index (χ0v) is 20.2. The van der Waals surface area contributed by atoms with Crippen LogP contribution < -0.4 is 20.5 Å². The first-order valence-corrected chi connectivity index (χ1v) is 11.9. The summed E-state index contributed by atoms with van der Waals surface area (Å²) >= 11 is 12.1. The lowest BCUT2D eigenvalue weighted by molar-refractivity contribution is 0.00266. The third-order valence-corrected chi connectivity index (χ3v) is 6.18. The number of anilines is 1. The Balaban J connectivity index is 1.23. The van der Waals surface area contributed by atoms with Crippen molar-refractivity contribution in [1.29, 1.82) is 0 Å². The van der Waals surface area contributed by atoms with Gasteiger partial charge in [-0.1, -0.05) is 59.6 Å². The summed E-state index contributed by atoms with van der Waals surface area (Å²) in [6.07, 6.45) is -0.132. The number of nitrogens with two attached hydrogens (primary N) is 1. The van der Waals surface area contributed by atoms with Crippen molar-refractivity contribution in [3.05, 3.63) is 87.4 Å². The van der Waals surface area contributed by atoms with Crippen molar-refractivity contribution >= 4 is 28.9 Å². The summed E-state index contributed by atoms with van der Waals surface area (Å²) in [7, 11) is 0. The molecule has 3 aromatic carbocycles. The van der Waals surface area contributed by atoms with E-state index < -0.39 is 6.10 Å². The molecule has 2 atom stereocenters. The zero-order chi connectivity index (χ0) is 23.9. The summed E-state index contributed by atoms with van der Waals surface area (Å²) < 4.78 is 17.7. The average molecular weight is 503 g/mol. The molecule has 1 heterocycles. The number of ether oxygens (including phenoxy) is 3. The summed E-state index contributed by atoms with van der Waals surface area (Å²) in [5, 5.41) is 14.3. The number of fused-ring (bicyclic) bond motifs is 1. The van der Waals surface area contributed by atoms with Crippen molar-refractivity contribution in [2.75, 3.05) is 32.0 Å². The van der Waals surface area contributed by atoms with Crippen LogP contribution in [0.2, 0.25) is 10.0 Å². The van der Waals surface area contributed by atoms with Crippen LogP contribution in [0.3, 0.4) is 0 Å². The summed E-state index contributed by atoms with van der Waals surface area (Å²) in [6, 6.07) is 19.3. The molecular weight excluding hydrogens is 475 g/mol. The smallest absolute Gasteiger partial charge is 0.162 e. The van der Waals surface area contributed by atoms with Crippen molar-refractivity contribution in [1.82, 2.24) is 5.32 Å². The second-order valence-corrected chi connectivity index (χ2v) is 9.02. The number of nitrogen functional groups attached to an aromatic ring is 1. The molecule has 8 heteroatoms. The van der Waals surface area contributed by atoms with Gasteiger partial charge in [0.2, 0.25) is 0 Å². The Morgan fingerprint density at radius 3 is 2.56 bits per heavy atom. The Kier molecular flexibility index (Phi) is 8.53. The molecule has 0 bridgehead atoms. The van der Waals surface area contributed by atoms with Crippen molar-refractivity contribution in [2.24, 2.45) is 0 Å². The van der Waals surface area contributed by atoms with E-state index in [-0.39, 0.29) is 6.10 Å². The molecule has 180 valence electrons. The molecule has 1 aliphatic heterocycles. The summed E-state index contributed by atoms with van der Waals surface area (Å²) in [5.74, 6) is 1.46. The van der Waals surface area contributed by atoms with Gasteiger partial charge < -0.3 is 30.4 Å². The van der Waals surface area contributed by atoms with Crippen LogP contribution in [0.5, 0.6) is 11.5 Å². The SMILES string of the molecule is Nc1c(Cl)cc([C@@H](O)CNCCc2ccc3c(c2)O[C@H](COCc2ccccc2)CO3)cc1Cl. The summed E-state index contributed by atoms with van der Waals surface area (Å²) in [5.41, 5.74) is 8.92. The number of aliphatic hydroxyl groups excluding tert-OH is 1. The quantitative estimate of drug-likeness (QED) is 0.272. The first-order valence-electron chi connectivity index (χ1n) is 11.2. The predicted octanol–water partition coefficient (Wildman–Crippen LogP) is 4.80. The van der Waals surface area contributed by atoms with Gasteiger partial charge in [-0.3, -0.25) is 0 Å². The molecule has 4 N–H and O–H groups in total. The van der Waals surface area contributed by atoms with Gasteiger partial charge in [0.25, 0.3) is 0 Å². The van der Waals surface area contributed by atoms with E-state index in [0.717, 1.165) is 29.0 Å². The lowest BCUT2D eigenvalue weighted by atomic mass is 10.1. The first-order chi connectivity index (χ1) is 16.5. The summed E-state index contributed by atoms with van der Waals surface area (Å²) in [6.45, 7) is 2.50. The fraction of sp³-hybridized carbons (Fsp3) is 0.308. The maximum atomic E-state index is 10.4. The standard InChI is InChI=1S/C26H28Cl2N2O4/c27-21-11-19(12-22(28)26(21)29)23(31)13-30-9-8-17-6-7-24-25(10-17)34-20(16-33-24)15-32-14-18-4-2-1-3-5-18/h1-7,10-12,20,23,30-31H,8-9,13-16,29H2/t20-,23+/m1/s1. The number of aliphatic hydroxyl groups is 1. The van der Waals surface area contributed by atoms with Crippen LogP contribution in [0.15, 0.2) is 60.7 Å². The van der Waals surface area contributed by atoms with E-state index in [4.69, 9.17) is 43.1 Å². The molecule has 0 unspecified atom stereocenters. The molecule has 0 fully saturated rings. The maximum Gasteiger partial charge on any atom is 0.162 e. The average Bonchev–Trinajstić information content (AvgIpc) is 2.85. The maximum absolute atomic E-state index is 10.4. The van der Waals surface area contributed by atoms with Gasteiger partial charge in [0.05, 0.1) is 35.1 Å². The van der Waals surface area contributed by atoms with Gasteiger partial charge in [0.1, 0.15) is 6.61 Å². The van der Waals surface area contributed by atoms with Crippen LogP contribution in [-0.2, 0) is 17.8 Å². The van der Waals surface area contributed by atoms with E-state index in [1.54, 1.807) is 12.1 Å². The molecule has 0 aliphatic carbocycles. The Hall–Kier alpha value is -2.48. The van der Waals surface area contributed by atoms with Crippen molar-refractivity contribution in [3.63, 3.8) is 0 Å². The molecule has 0 radical (unpaired) electrons. The van der Waals surface area contributed by atoms with Crippen LogP contribution in [0.25, 0.3) is 0 Å². The monoisotopic (exact) mass is 502 g/mol. The molecule has 0 saturated carbocycles. The van der Waals surface area contributed by atoms with E-state index in [2.05, 4.69) is 5.32 Å². The lowest BCUT2D eigenvalue weighted by Crippen LogP contribution is -2.33. The Morgan fingerprint density at radius 1 is 1.03 bits per heavy atom. The Bertz CT molecular complexity index is 1070. The second kappa shape index (κ2) is 11.8. The van der Waals surface area contributed by atoms with Crippen molar-refractivity contribution < 1.29 is 19.3 Å². The van der Waals surface area contributed by atoms with Crippen LogP contribution in [0.1, 0.15) is 22.8 Å². The first kappa shape index (κ1) is 24.6. The van der Waals surface area contributed by atoms with Gasteiger partial charge in [0, 0.05) is 6.54 Å². The number of hydrogen-bond donors (Lipinski definition) is 3. The van der Waals surface area contributed by atoms with E-state index in [0.29, 0.717) is 54.2 Å². The molecule has 0 spiro atoms. The minimum Gasteiger partial charge on any atom is -0.486 e. The topological polar surface area (TPSA) is 86.0 Å². The number of benzene rings is 3. The predicted molar refractivity (Wildman–Crippen MR) is 135 cm³/mol. The fourth-order valence-corrected chi connectivity index (χ4v) is 4.17. The fourth-order valence-electron chi connectivity index (χ4n) is 3.67. The van der Waals surface area contributed by atoms with E-state index in [1.165, 1.54) is 0 Å². The highest BCUT2D eigenvalue weighted by molar-refractivity contribution is 6.38. The van der Waals surface area contributed by atoms with Crippen molar-refractivity contribution in [3.8, 4) is 11.5 Å². The molecule has 0 amide bonds. The van der Waals surface area contributed by atoms with E-state index in [1.807, 2.05) is 48.5 Å². The number of nitrogens with one attached hydrogen (secondary N) is 1. The van der Waals surface area contributed by atoms with Crippen molar-refractivity contribution in [2.45, 2.75) is 25.2 Å². The van der Waals surface area contributed by atoms with Gasteiger partial charge >= 0.3 is 0 Å². The van der Waals surface area contributed by atoms with Gasteiger partial charge in [-0.05, 0) is 53.9 Å². The highest BCUT2D eigenvalue weighted by atomic mass is 35.5. The lowest BCUT2D eigenvalue weighted by Gasteiger charge is -2.27. The van der Waals surface area contributed by atoms with Crippen LogP contribution >= 0.6 is 23.2 Å². The number of halogens is 2. The molecule has 0 aromatic heterocycles. The molecule has 1 aliphatic rings. The number of hydrogen-bond acceptors (Lipinski definition) is 6. The highest BCUT2D eigenvalue weighted by Crippen LogP contribution is 2.33.